The molecule has 1 aliphatic rings. The number of aromatic nitrogens is 2. The lowest BCUT2D eigenvalue weighted by Gasteiger charge is -2.35. The lowest BCUT2D eigenvalue weighted by molar-refractivity contribution is -0.130. The van der Waals surface area contributed by atoms with Crippen LogP contribution in [0.4, 0.5) is 5.95 Å². The normalized spacial score (nSPS) is 16.2. The number of nitrogens with zero attached hydrogens (tertiary/aromatic N) is 4. The van der Waals surface area contributed by atoms with E-state index in [1.165, 1.54) is 0 Å². The average molecular weight is 356 g/mol. The van der Waals surface area contributed by atoms with Gasteiger partial charge in [0.15, 0.2) is 0 Å². The van der Waals surface area contributed by atoms with Gasteiger partial charge in [-0.25, -0.2) is 9.97 Å². The maximum atomic E-state index is 12.1. The third-order valence-electron chi connectivity index (χ3n) is 3.29. The second-order valence-corrected chi connectivity index (χ2v) is 7.09. The molecule has 0 bridgehead atoms. The van der Waals surface area contributed by atoms with E-state index in [1.54, 1.807) is 12.4 Å². The first kappa shape index (κ1) is 16.2. The van der Waals surface area contributed by atoms with Gasteiger partial charge in [0.25, 0.3) is 0 Å². The van der Waals surface area contributed by atoms with Crippen molar-refractivity contribution >= 4 is 27.8 Å². The maximum absolute atomic E-state index is 12.1. The summed E-state index contributed by atoms with van der Waals surface area (Å²) in [5.41, 5.74) is -0.0389. The number of carbonyl (C=O) groups excluding carboxylic acids is 1. The lowest BCUT2D eigenvalue weighted by atomic mass is 10.1. The molecule has 0 aliphatic carbocycles. The van der Waals surface area contributed by atoms with Crippen LogP contribution in [0.1, 0.15) is 20.8 Å². The van der Waals surface area contributed by atoms with Crippen molar-refractivity contribution in [1.29, 1.82) is 0 Å². The second-order valence-electron chi connectivity index (χ2n) is 6.17. The van der Waals surface area contributed by atoms with Gasteiger partial charge in [0.2, 0.25) is 11.9 Å². The van der Waals surface area contributed by atoms with Crippen LogP contribution in [-0.2, 0) is 4.79 Å². The van der Waals surface area contributed by atoms with E-state index in [0.29, 0.717) is 19.6 Å². The van der Waals surface area contributed by atoms with E-state index in [2.05, 4.69) is 56.9 Å². The van der Waals surface area contributed by atoms with Crippen LogP contribution in [0.15, 0.2) is 16.9 Å². The third kappa shape index (κ3) is 4.93. The molecule has 2 rings (SSSR count). The zero-order chi connectivity index (χ0) is 15.5. The van der Waals surface area contributed by atoms with Crippen LogP contribution in [0.25, 0.3) is 0 Å². The summed E-state index contributed by atoms with van der Waals surface area (Å²) in [6.07, 6.45) is 3.49. The molecule has 116 valence electrons. The highest BCUT2D eigenvalue weighted by molar-refractivity contribution is 9.10. The minimum Gasteiger partial charge on any atom is -0.338 e. The molecule has 2 heterocycles. The summed E-state index contributed by atoms with van der Waals surface area (Å²) in [5, 5.41) is 3.23. The van der Waals surface area contributed by atoms with E-state index in [1.807, 2.05) is 4.90 Å². The fraction of sp³-hybridized carbons (Fsp3) is 0.643. The topological polar surface area (TPSA) is 61.4 Å². The van der Waals surface area contributed by atoms with Crippen LogP contribution in [-0.4, -0.2) is 59.0 Å². The van der Waals surface area contributed by atoms with Gasteiger partial charge >= 0.3 is 0 Å². The molecular formula is C14H22BrN5O. The van der Waals surface area contributed by atoms with Crippen molar-refractivity contribution < 1.29 is 4.79 Å². The van der Waals surface area contributed by atoms with Crippen LogP contribution >= 0.6 is 15.9 Å². The average Bonchev–Trinajstić information content (AvgIpc) is 2.45. The Balaban J connectivity index is 1.82. The third-order valence-corrected chi connectivity index (χ3v) is 3.70. The first-order valence-electron chi connectivity index (χ1n) is 7.10. The fourth-order valence-corrected chi connectivity index (χ4v) is 2.28. The van der Waals surface area contributed by atoms with Crippen LogP contribution < -0.4 is 10.2 Å². The van der Waals surface area contributed by atoms with Crippen molar-refractivity contribution in [2.24, 2.45) is 0 Å². The molecular weight excluding hydrogens is 334 g/mol. The van der Waals surface area contributed by atoms with Crippen LogP contribution in [0.2, 0.25) is 0 Å². The van der Waals surface area contributed by atoms with Gasteiger partial charge in [-0.1, -0.05) is 0 Å². The van der Waals surface area contributed by atoms with Crippen molar-refractivity contribution in [3.63, 3.8) is 0 Å². The van der Waals surface area contributed by atoms with Crippen molar-refractivity contribution in [3.8, 4) is 0 Å². The van der Waals surface area contributed by atoms with Gasteiger partial charge in [0.05, 0.1) is 11.0 Å². The zero-order valence-corrected chi connectivity index (χ0v) is 14.4. The molecule has 1 aromatic heterocycles. The molecule has 1 aliphatic heterocycles. The minimum absolute atomic E-state index is 0.0389. The van der Waals surface area contributed by atoms with E-state index in [9.17, 15) is 4.79 Å². The standard InChI is InChI=1S/C14H22BrN5O/c1-14(2,3)18-10-12(21)19-4-6-20(7-5-19)13-16-8-11(15)9-17-13/h8-9,18H,4-7,10H2,1-3H3. The highest BCUT2D eigenvalue weighted by atomic mass is 79.9. The number of carbonyl (C=O) groups is 1. The van der Waals surface area contributed by atoms with E-state index in [4.69, 9.17) is 0 Å². The van der Waals surface area contributed by atoms with E-state index >= 15 is 0 Å². The van der Waals surface area contributed by atoms with Gasteiger partial charge in [-0.2, -0.15) is 0 Å². The molecule has 1 amide bonds. The Hall–Kier alpha value is -1.21. The van der Waals surface area contributed by atoms with E-state index in [-0.39, 0.29) is 11.4 Å². The number of halogens is 1. The molecule has 1 N–H and O–H groups in total. The molecule has 0 spiro atoms. The molecule has 1 aromatic rings. The molecule has 1 fully saturated rings. The van der Waals surface area contributed by atoms with Crippen LogP contribution in [0.3, 0.4) is 0 Å². The largest absolute Gasteiger partial charge is 0.338 e. The SMILES string of the molecule is CC(C)(C)NCC(=O)N1CCN(c2ncc(Br)cn2)CC1. The molecule has 6 nitrogen and oxygen atoms in total. The Kier molecular flexibility index (Phi) is 5.16. The molecule has 0 saturated carbocycles. The number of hydrogen-bond donors (Lipinski definition) is 1. The molecule has 0 atom stereocenters. The summed E-state index contributed by atoms with van der Waals surface area (Å²) in [5.74, 6) is 0.874. The fourth-order valence-electron chi connectivity index (χ4n) is 2.08. The second kappa shape index (κ2) is 6.70. The first-order chi connectivity index (χ1) is 9.85. The van der Waals surface area contributed by atoms with Gasteiger partial charge in [0.1, 0.15) is 0 Å². The van der Waals surface area contributed by atoms with Gasteiger partial charge in [0, 0.05) is 44.1 Å². The molecule has 1 saturated heterocycles. The number of hydrogen-bond acceptors (Lipinski definition) is 5. The molecule has 0 radical (unpaired) electrons. The van der Waals surface area contributed by atoms with Crippen molar-refractivity contribution in [3.05, 3.63) is 16.9 Å². The highest BCUT2D eigenvalue weighted by Gasteiger charge is 2.23. The Morgan fingerprint density at radius 2 is 1.81 bits per heavy atom. The Morgan fingerprint density at radius 1 is 1.24 bits per heavy atom. The summed E-state index contributed by atoms with van der Waals surface area (Å²) >= 11 is 3.33. The van der Waals surface area contributed by atoms with Crippen molar-refractivity contribution in [1.82, 2.24) is 20.2 Å². The monoisotopic (exact) mass is 355 g/mol. The number of amides is 1. The summed E-state index contributed by atoms with van der Waals surface area (Å²) in [7, 11) is 0. The lowest BCUT2D eigenvalue weighted by Crippen LogP contribution is -2.52. The number of anilines is 1. The maximum Gasteiger partial charge on any atom is 0.236 e. The van der Waals surface area contributed by atoms with Gasteiger partial charge in [-0.3, -0.25) is 4.79 Å². The van der Waals surface area contributed by atoms with Gasteiger partial charge in [-0.15, -0.1) is 0 Å². The predicted octanol–water partition coefficient (Wildman–Crippen LogP) is 1.28. The van der Waals surface area contributed by atoms with Gasteiger partial charge < -0.3 is 15.1 Å². The minimum atomic E-state index is -0.0389. The summed E-state index contributed by atoms with van der Waals surface area (Å²) in [6.45, 7) is 9.52. The van der Waals surface area contributed by atoms with Crippen LogP contribution in [0, 0.1) is 0 Å². The molecule has 0 aromatic carbocycles. The summed E-state index contributed by atoms with van der Waals surface area (Å²) in [4.78, 5) is 24.7. The van der Waals surface area contributed by atoms with Crippen LogP contribution in [0.5, 0.6) is 0 Å². The molecule has 7 heteroatoms. The summed E-state index contributed by atoms with van der Waals surface area (Å²) < 4.78 is 0.869. The predicted molar refractivity (Wildman–Crippen MR) is 86.3 cm³/mol. The zero-order valence-electron chi connectivity index (χ0n) is 12.8. The molecule has 0 unspecified atom stereocenters. The highest BCUT2D eigenvalue weighted by Crippen LogP contribution is 2.13. The van der Waals surface area contributed by atoms with Crippen molar-refractivity contribution in [2.75, 3.05) is 37.6 Å². The number of rotatable bonds is 3. The smallest absolute Gasteiger partial charge is 0.236 e. The van der Waals surface area contributed by atoms with Crippen molar-refractivity contribution in [2.45, 2.75) is 26.3 Å². The number of piperazine rings is 1. The van der Waals surface area contributed by atoms with E-state index in [0.717, 1.165) is 23.5 Å². The Labute approximate surface area is 134 Å². The quantitative estimate of drug-likeness (QED) is 0.884. The Morgan fingerprint density at radius 3 is 2.33 bits per heavy atom. The van der Waals surface area contributed by atoms with Gasteiger partial charge in [-0.05, 0) is 36.7 Å². The number of nitrogens with one attached hydrogen (secondary N) is 1. The molecule has 21 heavy (non-hydrogen) atoms. The Bertz CT molecular complexity index is 477. The van der Waals surface area contributed by atoms with E-state index < -0.39 is 0 Å². The summed E-state index contributed by atoms with van der Waals surface area (Å²) in [6, 6.07) is 0. The first-order valence-corrected chi connectivity index (χ1v) is 7.90.